The van der Waals surface area contributed by atoms with E-state index in [1.54, 1.807) is 12.1 Å². The molecule has 0 bridgehead atoms. The van der Waals surface area contributed by atoms with Crippen LogP contribution in [0.5, 0.6) is 5.75 Å². The molecule has 1 N–H and O–H groups in total. The first-order valence-corrected chi connectivity index (χ1v) is 9.50. The summed E-state index contributed by atoms with van der Waals surface area (Å²) < 4.78 is 5.66. The van der Waals surface area contributed by atoms with Gasteiger partial charge in [0.25, 0.3) is 11.1 Å². The zero-order valence-corrected chi connectivity index (χ0v) is 15.0. The van der Waals surface area contributed by atoms with E-state index in [9.17, 15) is 19.7 Å². The molecule has 0 atom stereocenters. The predicted molar refractivity (Wildman–Crippen MR) is 98.9 cm³/mol. The van der Waals surface area contributed by atoms with Gasteiger partial charge in [0.15, 0.2) is 5.75 Å². The van der Waals surface area contributed by atoms with E-state index in [2.05, 4.69) is 5.32 Å². The van der Waals surface area contributed by atoms with Gasteiger partial charge in [0.1, 0.15) is 0 Å². The van der Waals surface area contributed by atoms with E-state index in [0.29, 0.717) is 18.1 Å². The van der Waals surface area contributed by atoms with Gasteiger partial charge in [-0.3, -0.25) is 25.0 Å². The first-order valence-electron chi connectivity index (χ1n) is 8.69. The number of carbonyl (C=O) groups is 2. The average molecular weight is 376 g/mol. The van der Waals surface area contributed by atoms with E-state index in [1.165, 1.54) is 44.2 Å². The highest BCUT2D eigenvalue weighted by Crippen LogP contribution is 2.32. The van der Waals surface area contributed by atoms with E-state index < -0.39 is 16.1 Å². The Hall–Kier alpha value is -2.35. The minimum absolute atomic E-state index is 0.141. The molecule has 1 aromatic carbocycles. The van der Waals surface area contributed by atoms with Crippen LogP contribution in [0.2, 0.25) is 0 Å². The lowest BCUT2D eigenvalue weighted by Gasteiger charge is -2.21. The van der Waals surface area contributed by atoms with Gasteiger partial charge in [-0.1, -0.05) is 38.2 Å². The van der Waals surface area contributed by atoms with Gasteiger partial charge in [-0.15, -0.1) is 0 Å². The SMILES string of the molecule is O=C1NC(=O)/C(=C/c2ccc(OCCC3CCCCC3)c([N+](=O)[O-])c2)S1. The Morgan fingerprint density at radius 1 is 1.27 bits per heavy atom. The Morgan fingerprint density at radius 3 is 2.69 bits per heavy atom. The molecule has 1 saturated carbocycles. The second-order valence-corrected chi connectivity index (χ2v) is 7.49. The number of nitrogens with zero attached hydrogens (tertiary/aromatic N) is 1. The second kappa shape index (κ2) is 8.35. The average Bonchev–Trinajstić information content (AvgIpc) is 2.94. The molecule has 8 heteroatoms. The van der Waals surface area contributed by atoms with Crippen molar-refractivity contribution in [2.45, 2.75) is 38.5 Å². The van der Waals surface area contributed by atoms with Crippen LogP contribution < -0.4 is 10.1 Å². The van der Waals surface area contributed by atoms with Crippen molar-refractivity contribution in [1.29, 1.82) is 0 Å². The van der Waals surface area contributed by atoms with Crippen LogP contribution in [0.15, 0.2) is 23.1 Å². The number of nitro groups is 1. The molecule has 2 aliphatic rings. The number of hydrogen-bond acceptors (Lipinski definition) is 6. The number of amides is 2. The standard InChI is InChI=1S/C18H20N2O5S/c21-17-16(26-18(22)19-17)11-13-6-7-15(14(10-13)20(23)24)25-9-8-12-4-2-1-3-5-12/h6-7,10-12H,1-5,8-9H2,(H,19,21,22)/b16-11-. The highest BCUT2D eigenvalue weighted by atomic mass is 32.2. The number of benzene rings is 1. The predicted octanol–water partition coefficient (Wildman–Crippen LogP) is 4.27. The van der Waals surface area contributed by atoms with Crippen LogP contribution in [0.1, 0.15) is 44.1 Å². The summed E-state index contributed by atoms with van der Waals surface area (Å²) in [5.74, 6) is 0.380. The first kappa shape index (κ1) is 18.4. The van der Waals surface area contributed by atoms with Gasteiger partial charge in [-0.25, -0.2) is 0 Å². The van der Waals surface area contributed by atoms with E-state index in [0.717, 1.165) is 18.2 Å². The molecule has 0 radical (unpaired) electrons. The summed E-state index contributed by atoms with van der Waals surface area (Å²) >= 11 is 0.777. The van der Waals surface area contributed by atoms with E-state index in [1.807, 2.05) is 0 Å². The topological polar surface area (TPSA) is 98.5 Å². The molecule has 1 aliphatic carbocycles. The third-order valence-electron chi connectivity index (χ3n) is 4.63. The summed E-state index contributed by atoms with van der Waals surface area (Å²) in [5.41, 5.74) is 0.335. The Morgan fingerprint density at radius 2 is 2.04 bits per heavy atom. The summed E-state index contributed by atoms with van der Waals surface area (Å²) in [5, 5.41) is 13.1. The first-order chi connectivity index (χ1) is 12.5. The molecule has 2 fully saturated rings. The third kappa shape index (κ3) is 4.63. The van der Waals surface area contributed by atoms with Gasteiger partial charge >= 0.3 is 5.69 Å². The van der Waals surface area contributed by atoms with Crippen molar-refractivity contribution in [3.05, 3.63) is 38.8 Å². The Balaban J connectivity index is 1.68. The van der Waals surface area contributed by atoms with Gasteiger partial charge in [0.05, 0.1) is 16.4 Å². The third-order valence-corrected chi connectivity index (χ3v) is 5.44. The number of carbonyl (C=O) groups excluding carboxylic acids is 2. The van der Waals surface area contributed by atoms with Crippen molar-refractivity contribution in [3.8, 4) is 5.75 Å². The Labute approximate surface area is 155 Å². The molecular weight excluding hydrogens is 356 g/mol. The molecule has 1 heterocycles. The smallest absolute Gasteiger partial charge is 0.311 e. The molecule has 26 heavy (non-hydrogen) atoms. The second-order valence-electron chi connectivity index (χ2n) is 6.48. The van der Waals surface area contributed by atoms with Gasteiger partial charge < -0.3 is 4.74 Å². The maximum atomic E-state index is 11.6. The van der Waals surface area contributed by atoms with Gasteiger partial charge in [-0.05, 0) is 41.8 Å². The molecule has 3 rings (SSSR count). The largest absolute Gasteiger partial charge is 0.487 e. The lowest BCUT2D eigenvalue weighted by Crippen LogP contribution is -2.17. The minimum atomic E-state index is -0.495. The molecule has 7 nitrogen and oxygen atoms in total. The molecule has 1 aromatic rings. The van der Waals surface area contributed by atoms with Gasteiger partial charge in [-0.2, -0.15) is 0 Å². The van der Waals surface area contributed by atoms with Gasteiger partial charge in [0, 0.05) is 6.07 Å². The summed E-state index contributed by atoms with van der Waals surface area (Å²) in [4.78, 5) is 33.9. The van der Waals surface area contributed by atoms with Crippen molar-refractivity contribution in [1.82, 2.24) is 5.32 Å². The highest BCUT2D eigenvalue weighted by molar-refractivity contribution is 8.18. The Bertz CT molecular complexity index is 756. The number of thioether (sulfide) groups is 1. The van der Waals surface area contributed by atoms with E-state index >= 15 is 0 Å². The van der Waals surface area contributed by atoms with Crippen LogP contribution in [-0.2, 0) is 4.79 Å². The molecule has 138 valence electrons. The van der Waals surface area contributed by atoms with Crippen molar-refractivity contribution in [2.75, 3.05) is 6.61 Å². The molecule has 0 unspecified atom stereocenters. The van der Waals surface area contributed by atoms with E-state index in [4.69, 9.17) is 4.74 Å². The number of ether oxygens (including phenoxy) is 1. The zero-order valence-electron chi connectivity index (χ0n) is 14.2. The molecule has 1 aliphatic heterocycles. The fourth-order valence-electron chi connectivity index (χ4n) is 3.27. The van der Waals surface area contributed by atoms with Crippen molar-refractivity contribution >= 4 is 34.7 Å². The number of nitro benzene ring substituents is 1. The summed E-state index contributed by atoms with van der Waals surface area (Å²) in [6.45, 7) is 0.457. The van der Waals surface area contributed by atoms with Crippen molar-refractivity contribution in [2.24, 2.45) is 5.92 Å². The normalized spacial score (nSPS) is 19.6. The number of nitrogens with one attached hydrogen (secondary N) is 1. The Kier molecular flexibility index (Phi) is 5.92. The van der Waals surface area contributed by atoms with Crippen LogP contribution in [0.25, 0.3) is 6.08 Å². The number of hydrogen-bond donors (Lipinski definition) is 1. The number of rotatable bonds is 6. The quantitative estimate of drug-likeness (QED) is 0.452. The van der Waals surface area contributed by atoms with Crippen LogP contribution >= 0.6 is 11.8 Å². The molecular formula is C18H20N2O5S. The maximum absolute atomic E-state index is 11.6. The summed E-state index contributed by atoms with van der Waals surface area (Å²) in [6, 6.07) is 4.55. The lowest BCUT2D eigenvalue weighted by molar-refractivity contribution is -0.385. The van der Waals surface area contributed by atoms with Gasteiger partial charge in [0.2, 0.25) is 0 Å². The summed E-state index contributed by atoms with van der Waals surface area (Å²) in [7, 11) is 0. The molecule has 0 aromatic heterocycles. The molecule has 1 saturated heterocycles. The maximum Gasteiger partial charge on any atom is 0.311 e. The van der Waals surface area contributed by atoms with Crippen LogP contribution in [0, 0.1) is 16.0 Å². The van der Waals surface area contributed by atoms with E-state index in [-0.39, 0.29) is 16.3 Å². The van der Waals surface area contributed by atoms with Crippen LogP contribution in [0.3, 0.4) is 0 Å². The fraction of sp³-hybridized carbons (Fsp3) is 0.444. The number of imide groups is 1. The highest BCUT2D eigenvalue weighted by Gasteiger charge is 2.25. The fourth-order valence-corrected chi connectivity index (χ4v) is 3.95. The monoisotopic (exact) mass is 376 g/mol. The summed E-state index contributed by atoms with van der Waals surface area (Å²) in [6.07, 6.45) is 8.57. The zero-order chi connectivity index (χ0) is 18.5. The molecule has 2 amide bonds. The van der Waals surface area contributed by atoms with Crippen LogP contribution in [-0.4, -0.2) is 22.7 Å². The van der Waals surface area contributed by atoms with Crippen molar-refractivity contribution in [3.63, 3.8) is 0 Å². The minimum Gasteiger partial charge on any atom is -0.487 e. The lowest BCUT2D eigenvalue weighted by atomic mass is 9.87. The van der Waals surface area contributed by atoms with Crippen molar-refractivity contribution < 1.29 is 19.2 Å². The van der Waals surface area contributed by atoms with Crippen LogP contribution in [0.4, 0.5) is 10.5 Å². The molecule has 0 spiro atoms.